The summed E-state index contributed by atoms with van der Waals surface area (Å²) in [5, 5.41) is 16.5. The number of hydrogen-bond donors (Lipinski definition) is 2. The number of benzene rings is 1. The van der Waals surface area contributed by atoms with Crippen LogP contribution in [-0.4, -0.2) is 42.4 Å². The van der Waals surface area contributed by atoms with Crippen LogP contribution in [-0.2, 0) is 0 Å². The predicted molar refractivity (Wildman–Crippen MR) is 89.1 cm³/mol. The van der Waals surface area contributed by atoms with Gasteiger partial charge in [0, 0.05) is 36.6 Å². The molecule has 1 aromatic carbocycles. The van der Waals surface area contributed by atoms with Crippen molar-refractivity contribution in [3.8, 4) is 0 Å². The third-order valence-corrected chi connectivity index (χ3v) is 5.34. The van der Waals surface area contributed by atoms with Crippen LogP contribution in [0.5, 0.6) is 0 Å². The van der Waals surface area contributed by atoms with Gasteiger partial charge in [-0.3, -0.25) is 0 Å². The molecule has 2 fully saturated rings. The van der Waals surface area contributed by atoms with Gasteiger partial charge < -0.3 is 15.3 Å². The van der Waals surface area contributed by atoms with E-state index in [-0.39, 0.29) is 11.5 Å². The van der Waals surface area contributed by atoms with Gasteiger partial charge in [0.2, 0.25) is 0 Å². The SMILES string of the molecule is O[C@H]1CCNC[C@]12CCCN(c1nccc3ccccc13)C2. The quantitative estimate of drug-likeness (QED) is 0.847. The normalized spacial score (nSPS) is 29.1. The summed E-state index contributed by atoms with van der Waals surface area (Å²) < 4.78 is 0. The van der Waals surface area contributed by atoms with Gasteiger partial charge in [0.25, 0.3) is 0 Å². The van der Waals surface area contributed by atoms with Crippen molar-refractivity contribution >= 4 is 16.6 Å². The van der Waals surface area contributed by atoms with Crippen LogP contribution in [0.3, 0.4) is 0 Å². The molecule has 0 aliphatic carbocycles. The number of aliphatic hydroxyl groups excluding tert-OH is 1. The summed E-state index contributed by atoms with van der Waals surface area (Å²) in [6.45, 7) is 3.75. The molecule has 1 spiro atoms. The standard InChI is InChI=1S/C18H23N3O/c22-16-7-9-19-12-18(16)8-3-11-21(13-18)17-15-5-2-1-4-14(15)6-10-20-17/h1-2,4-6,10,16,19,22H,3,7-9,11-13H2/t16-,18-/m0/s1. The Morgan fingerprint density at radius 2 is 2.18 bits per heavy atom. The molecule has 2 aromatic rings. The Kier molecular flexibility index (Phi) is 3.51. The molecule has 22 heavy (non-hydrogen) atoms. The summed E-state index contributed by atoms with van der Waals surface area (Å²) in [5.41, 5.74) is -0.0187. The Morgan fingerprint density at radius 3 is 3.09 bits per heavy atom. The first-order chi connectivity index (χ1) is 10.8. The van der Waals surface area contributed by atoms with Crippen LogP contribution in [0.1, 0.15) is 19.3 Å². The number of nitrogens with one attached hydrogen (secondary N) is 1. The van der Waals surface area contributed by atoms with Crippen molar-refractivity contribution in [3.63, 3.8) is 0 Å². The van der Waals surface area contributed by atoms with Crippen LogP contribution in [0.2, 0.25) is 0 Å². The average molecular weight is 297 g/mol. The highest BCUT2D eigenvalue weighted by Gasteiger charge is 2.43. The van der Waals surface area contributed by atoms with E-state index in [4.69, 9.17) is 0 Å². The van der Waals surface area contributed by atoms with Crippen LogP contribution in [0.25, 0.3) is 10.8 Å². The maximum absolute atomic E-state index is 10.6. The summed E-state index contributed by atoms with van der Waals surface area (Å²) >= 11 is 0. The first-order valence-corrected chi connectivity index (χ1v) is 8.26. The first-order valence-electron chi connectivity index (χ1n) is 8.26. The molecule has 116 valence electrons. The predicted octanol–water partition coefficient (Wildman–Crippen LogP) is 2.18. The summed E-state index contributed by atoms with van der Waals surface area (Å²) in [6.07, 6.45) is 4.77. The average Bonchev–Trinajstić information content (AvgIpc) is 2.57. The Hall–Kier alpha value is -1.65. The second-order valence-electron chi connectivity index (χ2n) is 6.72. The number of nitrogens with zero attached hydrogens (tertiary/aromatic N) is 2. The molecular formula is C18H23N3O. The molecule has 4 nitrogen and oxygen atoms in total. The van der Waals surface area contributed by atoms with E-state index in [1.54, 1.807) is 0 Å². The smallest absolute Gasteiger partial charge is 0.136 e. The van der Waals surface area contributed by atoms with E-state index in [2.05, 4.69) is 45.5 Å². The zero-order valence-electron chi connectivity index (χ0n) is 12.8. The number of fused-ring (bicyclic) bond motifs is 1. The molecule has 4 heteroatoms. The summed E-state index contributed by atoms with van der Waals surface area (Å²) in [4.78, 5) is 7.03. The highest BCUT2D eigenvalue weighted by molar-refractivity contribution is 5.92. The number of hydrogen-bond acceptors (Lipinski definition) is 4. The second-order valence-corrected chi connectivity index (χ2v) is 6.72. The van der Waals surface area contributed by atoms with Gasteiger partial charge in [-0.1, -0.05) is 24.3 Å². The molecule has 2 aliphatic rings. The third-order valence-electron chi connectivity index (χ3n) is 5.34. The van der Waals surface area contributed by atoms with Crippen molar-refractivity contribution in [2.45, 2.75) is 25.4 Å². The highest BCUT2D eigenvalue weighted by atomic mass is 16.3. The van der Waals surface area contributed by atoms with Crippen LogP contribution >= 0.6 is 0 Å². The van der Waals surface area contributed by atoms with Gasteiger partial charge in [-0.25, -0.2) is 4.98 Å². The van der Waals surface area contributed by atoms with Crippen molar-refractivity contribution in [3.05, 3.63) is 36.5 Å². The molecule has 4 rings (SSSR count). The maximum atomic E-state index is 10.6. The summed E-state index contributed by atoms with van der Waals surface area (Å²) in [5.74, 6) is 1.06. The largest absolute Gasteiger partial charge is 0.392 e. The molecule has 0 radical (unpaired) electrons. The summed E-state index contributed by atoms with van der Waals surface area (Å²) in [6, 6.07) is 10.5. The Morgan fingerprint density at radius 1 is 1.27 bits per heavy atom. The molecule has 0 bridgehead atoms. The zero-order valence-corrected chi connectivity index (χ0v) is 12.8. The molecule has 2 saturated heterocycles. The van der Waals surface area contributed by atoms with Gasteiger partial charge in [-0.05, 0) is 37.3 Å². The minimum Gasteiger partial charge on any atom is -0.392 e. The van der Waals surface area contributed by atoms with E-state index in [1.165, 1.54) is 10.8 Å². The van der Waals surface area contributed by atoms with E-state index in [1.807, 2.05) is 6.20 Å². The Balaban J connectivity index is 1.69. The minimum atomic E-state index is -0.202. The van der Waals surface area contributed by atoms with Gasteiger partial charge in [0.1, 0.15) is 5.82 Å². The van der Waals surface area contributed by atoms with Gasteiger partial charge in [-0.15, -0.1) is 0 Å². The first kappa shape index (κ1) is 14.0. The minimum absolute atomic E-state index is 0.0187. The van der Waals surface area contributed by atoms with Crippen molar-refractivity contribution < 1.29 is 5.11 Å². The number of aliphatic hydroxyl groups is 1. The lowest BCUT2D eigenvalue weighted by Crippen LogP contribution is -2.58. The molecule has 3 heterocycles. The number of rotatable bonds is 1. The van der Waals surface area contributed by atoms with Gasteiger partial charge in [0.05, 0.1) is 6.10 Å². The van der Waals surface area contributed by atoms with Crippen molar-refractivity contribution in [2.24, 2.45) is 5.41 Å². The molecule has 1 aromatic heterocycles. The molecule has 2 aliphatic heterocycles. The maximum Gasteiger partial charge on any atom is 0.136 e. The fourth-order valence-electron chi connectivity index (χ4n) is 4.11. The third kappa shape index (κ3) is 2.27. The molecule has 2 atom stereocenters. The molecule has 0 unspecified atom stereocenters. The van der Waals surface area contributed by atoms with Gasteiger partial charge in [-0.2, -0.15) is 0 Å². The fraction of sp³-hybridized carbons (Fsp3) is 0.500. The lowest BCUT2D eigenvalue weighted by molar-refractivity contribution is -0.0101. The monoisotopic (exact) mass is 297 g/mol. The molecule has 0 amide bonds. The number of anilines is 1. The zero-order chi connectivity index (χ0) is 15.0. The van der Waals surface area contributed by atoms with E-state index in [0.29, 0.717) is 0 Å². The van der Waals surface area contributed by atoms with Crippen LogP contribution in [0, 0.1) is 5.41 Å². The highest BCUT2D eigenvalue weighted by Crippen LogP contribution is 2.38. The van der Waals surface area contributed by atoms with Crippen LogP contribution in [0.4, 0.5) is 5.82 Å². The number of piperidine rings is 2. The summed E-state index contributed by atoms with van der Waals surface area (Å²) in [7, 11) is 0. The van der Waals surface area contributed by atoms with E-state index < -0.39 is 0 Å². The van der Waals surface area contributed by atoms with Gasteiger partial charge in [0.15, 0.2) is 0 Å². The van der Waals surface area contributed by atoms with E-state index in [9.17, 15) is 5.11 Å². The molecule has 0 saturated carbocycles. The van der Waals surface area contributed by atoms with Crippen molar-refractivity contribution in [1.29, 1.82) is 0 Å². The Labute approximate surface area is 131 Å². The molecule has 2 N–H and O–H groups in total. The fourth-order valence-corrected chi connectivity index (χ4v) is 4.11. The topological polar surface area (TPSA) is 48.4 Å². The van der Waals surface area contributed by atoms with Gasteiger partial charge >= 0.3 is 0 Å². The second kappa shape index (κ2) is 5.52. The number of pyridine rings is 1. The Bertz CT molecular complexity index is 665. The van der Waals surface area contributed by atoms with Crippen molar-refractivity contribution in [2.75, 3.05) is 31.1 Å². The lowest BCUT2D eigenvalue weighted by atomic mass is 9.72. The van der Waals surface area contributed by atoms with E-state index >= 15 is 0 Å². The van der Waals surface area contributed by atoms with Crippen LogP contribution in [0.15, 0.2) is 36.5 Å². The lowest BCUT2D eigenvalue weighted by Gasteiger charge is -2.48. The van der Waals surface area contributed by atoms with Crippen LogP contribution < -0.4 is 10.2 Å². The molecular weight excluding hydrogens is 274 g/mol. The van der Waals surface area contributed by atoms with E-state index in [0.717, 1.165) is 51.3 Å². The number of aromatic nitrogens is 1. The van der Waals surface area contributed by atoms with Crippen molar-refractivity contribution in [1.82, 2.24) is 10.3 Å².